The molecule has 1 unspecified atom stereocenters. The molecule has 0 spiro atoms. The minimum absolute atomic E-state index is 0.191. The topological polar surface area (TPSA) is 69.6 Å². The van der Waals surface area contributed by atoms with Gasteiger partial charge in [-0.1, -0.05) is 6.07 Å². The first kappa shape index (κ1) is 14.3. The van der Waals surface area contributed by atoms with E-state index in [4.69, 9.17) is 5.11 Å². The molecule has 1 aliphatic rings. The van der Waals surface area contributed by atoms with Crippen molar-refractivity contribution in [3.63, 3.8) is 0 Å². The maximum atomic E-state index is 12.6. The van der Waals surface area contributed by atoms with Crippen LogP contribution in [-0.4, -0.2) is 44.1 Å². The third-order valence-corrected chi connectivity index (χ3v) is 5.65. The Labute approximate surface area is 114 Å². The van der Waals surface area contributed by atoms with Crippen molar-refractivity contribution < 1.29 is 13.5 Å². The Morgan fingerprint density at radius 2 is 2.21 bits per heavy atom. The zero-order valence-electron chi connectivity index (χ0n) is 11.3. The van der Waals surface area contributed by atoms with Crippen molar-refractivity contribution >= 4 is 15.7 Å². The van der Waals surface area contributed by atoms with E-state index in [1.165, 1.54) is 11.4 Å². The number of anilines is 1. The Balaban J connectivity index is 2.46. The summed E-state index contributed by atoms with van der Waals surface area (Å²) in [6.45, 7) is 2.37. The van der Waals surface area contributed by atoms with E-state index in [0.717, 1.165) is 30.6 Å². The Bertz CT molecular complexity index is 557. The summed E-state index contributed by atoms with van der Waals surface area (Å²) in [6.07, 6.45) is 1.69. The average molecular weight is 284 g/mol. The third-order valence-electron chi connectivity index (χ3n) is 3.59. The fourth-order valence-corrected chi connectivity index (χ4v) is 3.85. The summed E-state index contributed by atoms with van der Waals surface area (Å²) in [5.74, 6) is 0. The molecular formula is C13H20N2O3S. The maximum absolute atomic E-state index is 12.6. The van der Waals surface area contributed by atoms with E-state index >= 15 is 0 Å². The zero-order valence-corrected chi connectivity index (χ0v) is 12.1. The van der Waals surface area contributed by atoms with Crippen molar-refractivity contribution in [2.75, 3.05) is 25.5 Å². The standard InChI is InChI=1S/C13H20N2O3S/c1-10(9-16)15(2)19(17,18)13-7-3-6-12-11(13)5-4-8-14-12/h3,6-7,10,14,16H,4-5,8-9H2,1-2H3. The number of nitrogens with zero attached hydrogens (tertiary/aromatic N) is 1. The van der Waals surface area contributed by atoms with Gasteiger partial charge in [0.15, 0.2) is 0 Å². The highest BCUT2D eigenvalue weighted by Gasteiger charge is 2.28. The summed E-state index contributed by atoms with van der Waals surface area (Å²) in [7, 11) is -2.05. The maximum Gasteiger partial charge on any atom is 0.243 e. The molecule has 106 valence electrons. The summed E-state index contributed by atoms with van der Waals surface area (Å²) >= 11 is 0. The Morgan fingerprint density at radius 3 is 2.89 bits per heavy atom. The Hall–Kier alpha value is -1.11. The number of aliphatic hydroxyl groups excluding tert-OH is 1. The van der Waals surface area contributed by atoms with E-state index < -0.39 is 16.1 Å². The number of sulfonamides is 1. The molecule has 0 aliphatic carbocycles. The monoisotopic (exact) mass is 284 g/mol. The number of hydrogen-bond acceptors (Lipinski definition) is 4. The summed E-state index contributed by atoms with van der Waals surface area (Å²) in [5, 5.41) is 12.4. The second-order valence-corrected chi connectivity index (χ2v) is 6.83. The van der Waals surface area contributed by atoms with E-state index in [1.54, 1.807) is 19.1 Å². The molecule has 5 nitrogen and oxygen atoms in total. The summed E-state index contributed by atoms with van der Waals surface area (Å²) in [6, 6.07) is 4.86. The minimum atomic E-state index is -3.56. The van der Waals surface area contributed by atoms with E-state index in [0.29, 0.717) is 4.90 Å². The fourth-order valence-electron chi connectivity index (χ4n) is 2.23. The van der Waals surface area contributed by atoms with Crippen LogP contribution in [0.4, 0.5) is 5.69 Å². The van der Waals surface area contributed by atoms with Crippen molar-refractivity contribution in [2.45, 2.75) is 30.7 Å². The number of aliphatic hydroxyl groups is 1. The summed E-state index contributed by atoms with van der Waals surface area (Å²) < 4.78 is 26.4. The van der Waals surface area contributed by atoms with Crippen LogP contribution in [0.2, 0.25) is 0 Å². The molecule has 0 saturated heterocycles. The Kier molecular flexibility index (Phi) is 4.13. The van der Waals surface area contributed by atoms with Gasteiger partial charge in [0.1, 0.15) is 0 Å². The largest absolute Gasteiger partial charge is 0.395 e. The van der Waals surface area contributed by atoms with Crippen LogP contribution >= 0.6 is 0 Å². The van der Waals surface area contributed by atoms with Gasteiger partial charge >= 0.3 is 0 Å². The lowest BCUT2D eigenvalue weighted by molar-refractivity contribution is 0.213. The van der Waals surface area contributed by atoms with Crippen LogP contribution in [0.1, 0.15) is 18.9 Å². The van der Waals surface area contributed by atoms with E-state index in [2.05, 4.69) is 5.32 Å². The van der Waals surface area contributed by atoms with Crippen LogP contribution in [0, 0.1) is 0 Å². The number of hydrogen-bond donors (Lipinski definition) is 2. The van der Waals surface area contributed by atoms with Crippen LogP contribution in [-0.2, 0) is 16.4 Å². The van der Waals surface area contributed by atoms with Crippen LogP contribution in [0.3, 0.4) is 0 Å². The molecule has 1 heterocycles. The van der Waals surface area contributed by atoms with Gasteiger partial charge in [-0.3, -0.25) is 0 Å². The molecule has 0 amide bonds. The summed E-state index contributed by atoms with van der Waals surface area (Å²) in [5.41, 5.74) is 1.75. The van der Waals surface area contributed by atoms with Crippen molar-refractivity contribution in [3.8, 4) is 0 Å². The highest BCUT2D eigenvalue weighted by atomic mass is 32.2. The number of likely N-dealkylation sites (N-methyl/N-ethyl adjacent to an activating group) is 1. The molecular weight excluding hydrogens is 264 g/mol. The van der Waals surface area contributed by atoms with Gasteiger partial charge in [0.2, 0.25) is 10.0 Å². The highest BCUT2D eigenvalue weighted by Crippen LogP contribution is 2.30. The van der Waals surface area contributed by atoms with Gasteiger partial charge in [-0.15, -0.1) is 0 Å². The molecule has 2 rings (SSSR count). The first-order valence-corrected chi connectivity index (χ1v) is 7.87. The average Bonchev–Trinajstić information content (AvgIpc) is 2.44. The molecule has 0 radical (unpaired) electrons. The molecule has 0 aromatic heterocycles. The minimum Gasteiger partial charge on any atom is -0.395 e. The lowest BCUT2D eigenvalue weighted by atomic mass is 10.0. The van der Waals surface area contributed by atoms with Gasteiger partial charge < -0.3 is 10.4 Å². The van der Waals surface area contributed by atoms with Crippen molar-refractivity contribution in [1.29, 1.82) is 0 Å². The molecule has 6 heteroatoms. The molecule has 2 N–H and O–H groups in total. The van der Waals surface area contributed by atoms with Crippen LogP contribution in [0.5, 0.6) is 0 Å². The van der Waals surface area contributed by atoms with Gasteiger partial charge in [0, 0.05) is 25.3 Å². The van der Waals surface area contributed by atoms with Crippen LogP contribution < -0.4 is 5.32 Å². The van der Waals surface area contributed by atoms with Gasteiger partial charge in [0.25, 0.3) is 0 Å². The second-order valence-electron chi connectivity index (χ2n) is 4.87. The number of nitrogens with one attached hydrogen (secondary N) is 1. The number of benzene rings is 1. The molecule has 1 atom stereocenters. The molecule has 0 fully saturated rings. The first-order chi connectivity index (χ1) is 8.98. The molecule has 1 aromatic rings. The van der Waals surface area contributed by atoms with E-state index in [1.807, 2.05) is 6.07 Å². The predicted molar refractivity (Wildman–Crippen MR) is 74.7 cm³/mol. The van der Waals surface area contributed by atoms with E-state index in [-0.39, 0.29) is 6.61 Å². The zero-order chi connectivity index (χ0) is 14.0. The summed E-state index contributed by atoms with van der Waals surface area (Å²) in [4.78, 5) is 0.347. The normalized spacial score (nSPS) is 16.8. The first-order valence-electron chi connectivity index (χ1n) is 6.43. The van der Waals surface area contributed by atoms with Crippen molar-refractivity contribution in [1.82, 2.24) is 4.31 Å². The second kappa shape index (κ2) is 5.48. The highest BCUT2D eigenvalue weighted by molar-refractivity contribution is 7.89. The number of fused-ring (bicyclic) bond motifs is 1. The van der Waals surface area contributed by atoms with Crippen molar-refractivity contribution in [2.24, 2.45) is 0 Å². The smallest absolute Gasteiger partial charge is 0.243 e. The quantitative estimate of drug-likeness (QED) is 0.867. The Morgan fingerprint density at radius 1 is 1.47 bits per heavy atom. The van der Waals surface area contributed by atoms with Crippen LogP contribution in [0.25, 0.3) is 0 Å². The molecule has 1 aromatic carbocycles. The predicted octanol–water partition coefficient (Wildman–Crippen LogP) is 1.05. The fraction of sp³-hybridized carbons (Fsp3) is 0.538. The lowest BCUT2D eigenvalue weighted by Crippen LogP contribution is -2.38. The van der Waals surface area contributed by atoms with E-state index in [9.17, 15) is 8.42 Å². The number of rotatable bonds is 4. The van der Waals surface area contributed by atoms with Gasteiger partial charge in [0.05, 0.1) is 11.5 Å². The molecule has 1 aliphatic heterocycles. The molecule has 19 heavy (non-hydrogen) atoms. The van der Waals surface area contributed by atoms with Crippen molar-refractivity contribution in [3.05, 3.63) is 23.8 Å². The van der Waals surface area contributed by atoms with Gasteiger partial charge in [-0.25, -0.2) is 8.42 Å². The lowest BCUT2D eigenvalue weighted by Gasteiger charge is -2.26. The van der Waals surface area contributed by atoms with Crippen LogP contribution in [0.15, 0.2) is 23.1 Å². The molecule has 0 saturated carbocycles. The third kappa shape index (κ3) is 2.61. The van der Waals surface area contributed by atoms with Gasteiger partial charge in [-0.2, -0.15) is 4.31 Å². The van der Waals surface area contributed by atoms with Gasteiger partial charge in [-0.05, 0) is 37.5 Å². The SMILES string of the molecule is CC(CO)N(C)S(=O)(=O)c1cccc2c1CCCN2. The molecule has 0 bridgehead atoms.